The predicted octanol–water partition coefficient (Wildman–Crippen LogP) is 2.45. The Kier molecular flexibility index (Phi) is 6.00. The molecular formula is C15H24N2O3S2. The zero-order chi connectivity index (χ0) is 16.2. The summed E-state index contributed by atoms with van der Waals surface area (Å²) in [6.07, 6.45) is 3.44. The Labute approximate surface area is 136 Å². The lowest BCUT2D eigenvalue weighted by atomic mass is 9.98. The van der Waals surface area contributed by atoms with Crippen LogP contribution in [0.4, 0.5) is 0 Å². The van der Waals surface area contributed by atoms with Crippen molar-refractivity contribution in [1.82, 2.24) is 9.62 Å². The van der Waals surface area contributed by atoms with E-state index in [1.165, 1.54) is 15.6 Å². The summed E-state index contributed by atoms with van der Waals surface area (Å²) in [6, 6.07) is 3.49. The molecule has 0 spiro atoms. The highest BCUT2D eigenvalue weighted by Gasteiger charge is 2.33. The maximum atomic E-state index is 12.5. The van der Waals surface area contributed by atoms with E-state index in [9.17, 15) is 13.2 Å². The maximum absolute atomic E-state index is 12.5. The van der Waals surface area contributed by atoms with Gasteiger partial charge < -0.3 is 5.32 Å². The molecule has 1 aliphatic heterocycles. The molecule has 0 aliphatic carbocycles. The Morgan fingerprint density at radius 1 is 1.55 bits per heavy atom. The van der Waals surface area contributed by atoms with Crippen LogP contribution in [0.3, 0.4) is 0 Å². The van der Waals surface area contributed by atoms with Crippen molar-refractivity contribution in [1.29, 1.82) is 0 Å². The number of piperidine rings is 1. The zero-order valence-electron chi connectivity index (χ0n) is 13.1. The number of thiophene rings is 1. The second kappa shape index (κ2) is 7.57. The summed E-state index contributed by atoms with van der Waals surface area (Å²) in [4.78, 5) is 12.3. The van der Waals surface area contributed by atoms with Crippen molar-refractivity contribution in [3.63, 3.8) is 0 Å². The number of rotatable bonds is 6. The molecule has 0 radical (unpaired) electrons. The van der Waals surface area contributed by atoms with Crippen LogP contribution >= 0.6 is 11.3 Å². The van der Waals surface area contributed by atoms with E-state index >= 15 is 0 Å². The molecule has 1 aliphatic rings. The first-order chi connectivity index (χ1) is 10.4. The molecule has 7 heteroatoms. The Morgan fingerprint density at radius 2 is 2.32 bits per heavy atom. The average Bonchev–Trinajstić information content (AvgIpc) is 3.02. The quantitative estimate of drug-likeness (QED) is 0.862. The van der Waals surface area contributed by atoms with Gasteiger partial charge in [-0.3, -0.25) is 4.79 Å². The number of nitrogens with zero attached hydrogens (tertiary/aromatic N) is 1. The van der Waals surface area contributed by atoms with E-state index in [2.05, 4.69) is 12.2 Å². The molecule has 0 aromatic carbocycles. The van der Waals surface area contributed by atoms with E-state index in [4.69, 9.17) is 0 Å². The van der Waals surface area contributed by atoms with E-state index in [0.29, 0.717) is 10.8 Å². The number of nitrogens with one attached hydrogen (secondary N) is 1. The normalized spacial score (nSPS) is 21.5. The highest BCUT2D eigenvalue weighted by atomic mass is 32.2. The third kappa shape index (κ3) is 4.08. The Balaban J connectivity index is 2.01. The molecular weight excluding hydrogens is 320 g/mol. The van der Waals surface area contributed by atoms with Crippen molar-refractivity contribution < 1.29 is 13.2 Å². The SMILES string of the molecule is CCC[C@H](C)NC(=O)[C@H]1CCCN(S(=O)(=O)c2cccs2)C1. The summed E-state index contributed by atoms with van der Waals surface area (Å²) in [6.45, 7) is 4.85. The van der Waals surface area contributed by atoms with E-state index in [-0.39, 0.29) is 24.4 Å². The topological polar surface area (TPSA) is 66.5 Å². The monoisotopic (exact) mass is 344 g/mol. The second-order valence-corrected chi connectivity index (χ2v) is 8.95. The van der Waals surface area contributed by atoms with Crippen LogP contribution in [0.25, 0.3) is 0 Å². The molecule has 1 aromatic heterocycles. The van der Waals surface area contributed by atoms with Gasteiger partial charge in [-0.25, -0.2) is 8.42 Å². The minimum Gasteiger partial charge on any atom is -0.353 e. The molecule has 0 unspecified atom stereocenters. The zero-order valence-corrected chi connectivity index (χ0v) is 14.8. The van der Waals surface area contributed by atoms with Gasteiger partial charge in [-0.2, -0.15) is 4.31 Å². The smallest absolute Gasteiger partial charge is 0.252 e. The predicted molar refractivity (Wildman–Crippen MR) is 88.3 cm³/mol. The van der Waals surface area contributed by atoms with E-state index < -0.39 is 10.0 Å². The molecule has 0 saturated carbocycles. The molecule has 1 saturated heterocycles. The Bertz CT molecular complexity index is 584. The van der Waals surface area contributed by atoms with Crippen LogP contribution in [0.2, 0.25) is 0 Å². The third-order valence-corrected chi connectivity index (χ3v) is 7.19. The van der Waals surface area contributed by atoms with Gasteiger partial charge in [0.15, 0.2) is 0 Å². The molecule has 0 bridgehead atoms. The standard InChI is InChI=1S/C15H24N2O3S2/c1-3-6-12(2)16-15(18)13-7-4-9-17(11-13)22(19,20)14-8-5-10-21-14/h5,8,10,12-13H,3-4,6-7,9,11H2,1-2H3,(H,16,18)/t12-,13-/m0/s1. The molecule has 2 rings (SSSR count). The molecule has 2 atom stereocenters. The third-order valence-electron chi connectivity index (χ3n) is 3.95. The highest BCUT2D eigenvalue weighted by molar-refractivity contribution is 7.91. The van der Waals surface area contributed by atoms with Gasteiger partial charge in [0, 0.05) is 19.1 Å². The van der Waals surface area contributed by atoms with Crippen LogP contribution in [0.15, 0.2) is 21.7 Å². The molecule has 1 aromatic rings. The summed E-state index contributed by atoms with van der Waals surface area (Å²) >= 11 is 1.22. The lowest BCUT2D eigenvalue weighted by Crippen LogP contribution is -2.46. The molecule has 124 valence electrons. The summed E-state index contributed by atoms with van der Waals surface area (Å²) in [5.41, 5.74) is 0. The first-order valence-electron chi connectivity index (χ1n) is 7.79. The van der Waals surface area contributed by atoms with Crippen LogP contribution < -0.4 is 5.32 Å². The first-order valence-corrected chi connectivity index (χ1v) is 10.1. The average molecular weight is 345 g/mol. The molecule has 22 heavy (non-hydrogen) atoms. The second-order valence-electron chi connectivity index (χ2n) is 5.83. The van der Waals surface area contributed by atoms with Crippen LogP contribution in [-0.2, 0) is 14.8 Å². The largest absolute Gasteiger partial charge is 0.353 e. The lowest BCUT2D eigenvalue weighted by Gasteiger charge is -2.31. The van der Waals surface area contributed by atoms with Gasteiger partial charge in [0.2, 0.25) is 5.91 Å². The van der Waals surface area contributed by atoms with Gasteiger partial charge in [0.1, 0.15) is 4.21 Å². The van der Waals surface area contributed by atoms with Gasteiger partial charge in [0.05, 0.1) is 5.92 Å². The molecule has 1 fully saturated rings. The van der Waals surface area contributed by atoms with Gasteiger partial charge >= 0.3 is 0 Å². The fraction of sp³-hybridized carbons (Fsp3) is 0.667. The summed E-state index contributed by atoms with van der Waals surface area (Å²) in [5.74, 6) is -0.269. The highest BCUT2D eigenvalue weighted by Crippen LogP contribution is 2.26. The van der Waals surface area contributed by atoms with E-state index in [1.807, 2.05) is 6.92 Å². The first kappa shape index (κ1) is 17.4. The molecule has 1 N–H and O–H groups in total. The van der Waals surface area contributed by atoms with Crippen LogP contribution in [0, 0.1) is 5.92 Å². The van der Waals surface area contributed by atoms with Crippen molar-refractivity contribution in [3.05, 3.63) is 17.5 Å². The van der Waals surface area contributed by atoms with Crippen molar-refractivity contribution in [2.75, 3.05) is 13.1 Å². The van der Waals surface area contributed by atoms with Crippen molar-refractivity contribution in [2.45, 2.75) is 49.8 Å². The minimum absolute atomic E-state index is 0.0213. The number of carbonyl (C=O) groups is 1. The fourth-order valence-electron chi connectivity index (χ4n) is 2.78. The van der Waals surface area contributed by atoms with Gasteiger partial charge in [0.25, 0.3) is 10.0 Å². The molecule has 1 amide bonds. The number of hydrogen-bond acceptors (Lipinski definition) is 4. The summed E-state index contributed by atoms with van der Waals surface area (Å²) < 4.78 is 26.9. The Hall–Kier alpha value is -0.920. The number of sulfonamides is 1. The van der Waals surface area contributed by atoms with Gasteiger partial charge in [-0.05, 0) is 37.6 Å². The summed E-state index contributed by atoms with van der Waals surface area (Å²) in [7, 11) is -3.45. The minimum atomic E-state index is -3.45. The van der Waals surface area contributed by atoms with E-state index in [0.717, 1.165) is 25.7 Å². The molecule has 5 nitrogen and oxygen atoms in total. The molecule has 2 heterocycles. The van der Waals surface area contributed by atoms with Crippen LogP contribution in [0.1, 0.15) is 39.5 Å². The summed E-state index contributed by atoms with van der Waals surface area (Å²) in [5, 5.41) is 4.76. The van der Waals surface area contributed by atoms with E-state index in [1.54, 1.807) is 17.5 Å². The Morgan fingerprint density at radius 3 is 2.95 bits per heavy atom. The number of amides is 1. The van der Waals surface area contributed by atoms with Crippen molar-refractivity contribution in [2.24, 2.45) is 5.92 Å². The fourth-order valence-corrected chi connectivity index (χ4v) is 5.45. The van der Waals surface area contributed by atoms with Crippen LogP contribution in [-0.4, -0.2) is 37.8 Å². The number of carbonyl (C=O) groups excluding carboxylic acids is 1. The van der Waals surface area contributed by atoms with Gasteiger partial charge in [-0.1, -0.05) is 19.4 Å². The van der Waals surface area contributed by atoms with Crippen LogP contribution in [0.5, 0.6) is 0 Å². The van der Waals surface area contributed by atoms with Crippen molar-refractivity contribution >= 4 is 27.3 Å². The maximum Gasteiger partial charge on any atom is 0.252 e. The number of hydrogen-bond donors (Lipinski definition) is 1. The van der Waals surface area contributed by atoms with Crippen molar-refractivity contribution in [3.8, 4) is 0 Å². The van der Waals surface area contributed by atoms with Gasteiger partial charge in [-0.15, -0.1) is 11.3 Å². The lowest BCUT2D eigenvalue weighted by molar-refractivity contribution is -0.126.